The molecule has 0 aliphatic carbocycles. The first kappa shape index (κ1) is 44.6. The maximum atomic E-state index is 15.0. The molecule has 0 saturated heterocycles. The number of ether oxygens (including phenoxy) is 2. The van der Waals surface area contributed by atoms with E-state index in [1.165, 1.54) is 0 Å². The van der Waals surface area contributed by atoms with Crippen molar-refractivity contribution < 1.29 is 23.3 Å². The molecule has 10 aromatic rings. The zero-order valence-electron chi connectivity index (χ0n) is 36.2. The monoisotopic (exact) mass is 910 g/mol. The summed E-state index contributed by atoms with van der Waals surface area (Å²) in [6, 6.07) is 79.3. The molecule has 0 aliphatic heterocycles. The second-order valence-electron chi connectivity index (χ2n) is 15.8. The molecule has 10 rings (SSSR count). The second kappa shape index (κ2) is 20.7. The van der Waals surface area contributed by atoms with Crippen LogP contribution in [0.5, 0.6) is 23.0 Å². The van der Waals surface area contributed by atoms with Crippen LogP contribution in [0.2, 0.25) is 0 Å². The van der Waals surface area contributed by atoms with Gasteiger partial charge in [0.05, 0.1) is 0 Å². The van der Waals surface area contributed by atoms with Crippen molar-refractivity contribution in [3.63, 3.8) is 0 Å². The Bertz CT molecular complexity index is 3160. The van der Waals surface area contributed by atoms with Crippen molar-refractivity contribution in [1.82, 2.24) is 0 Å². The van der Waals surface area contributed by atoms with Gasteiger partial charge in [-0.3, -0.25) is 0 Å². The first-order chi connectivity index (χ1) is 32.6. The Morgan fingerprint density at radius 1 is 0.448 bits per heavy atom. The van der Waals surface area contributed by atoms with Crippen LogP contribution < -0.4 is 35.0 Å². The summed E-state index contributed by atoms with van der Waals surface area (Å²) >= 11 is 0. The van der Waals surface area contributed by atoms with E-state index in [1.54, 1.807) is 0 Å². The lowest BCUT2D eigenvalue weighted by Gasteiger charge is -2.27. The lowest BCUT2D eigenvalue weighted by atomic mass is 9.90. The Morgan fingerprint density at radius 2 is 0.896 bits per heavy atom. The van der Waals surface area contributed by atoms with E-state index in [9.17, 15) is 0 Å². The molecule has 0 amide bonds. The average molecular weight is 911 g/mol. The molecule has 0 aromatic heterocycles. The zero-order valence-corrected chi connectivity index (χ0v) is 37.9. The van der Waals surface area contributed by atoms with E-state index >= 15 is 4.79 Å². The number of rotatable bonds is 14. The molecule has 67 heavy (non-hydrogen) atoms. The Kier molecular flexibility index (Phi) is 13.8. The molecule has 0 aliphatic rings. The van der Waals surface area contributed by atoms with Crippen LogP contribution in [-0.2, 0) is 11.3 Å². The van der Waals surface area contributed by atoms with Gasteiger partial charge in [-0.25, -0.2) is 4.79 Å². The van der Waals surface area contributed by atoms with Gasteiger partial charge in [0.1, 0.15) is 35.2 Å². The topological polar surface area (TPSA) is 54.0 Å². The van der Waals surface area contributed by atoms with Crippen LogP contribution in [0.1, 0.15) is 28.9 Å². The fourth-order valence-corrected chi connectivity index (χ4v) is 11.5. The molecular formula is C60H48O5P2. The van der Waals surface area contributed by atoms with Gasteiger partial charge in [0, 0.05) is 32.3 Å². The van der Waals surface area contributed by atoms with Gasteiger partial charge in [0.15, 0.2) is 16.3 Å². The minimum atomic E-state index is -1.51. The van der Waals surface area contributed by atoms with Crippen LogP contribution in [0, 0.1) is 6.92 Å². The molecule has 0 N–H and O–H groups in total. The van der Waals surface area contributed by atoms with E-state index in [2.05, 4.69) is 103 Å². The fourth-order valence-electron chi connectivity index (χ4n) is 7.98. The summed E-state index contributed by atoms with van der Waals surface area (Å²) in [6.07, 6.45) is 0. The van der Waals surface area contributed by atoms with Gasteiger partial charge in [-0.2, -0.15) is 0 Å². The molecule has 0 unspecified atom stereocenters. The second-order valence-corrected chi connectivity index (χ2v) is 19.4. The third kappa shape index (κ3) is 10.0. The molecule has 0 radical (unpaired) electrons. The van der Waals surface area contributed by atoms with Crippen LogP contribution in [0.15, 0.2) is 237 Å². The van der Waals surface area contributed by atoms with Crippen LogP contribution in [0.25, 0.3) is 32.7 Å². The highest BCUT2D eigenvalue weighted by atomic mass is 31.1. The summed E-state index contributed by atoms with van der Waals surface area (Å²) in [4.78, 5) is 15.0. The maximum absolute atomic E-state index is 15.0. The highest BCUT2D eigenvalue weighted by molar-refractivity contribution is 7.69. The predicted molar refractivity (Wildman–Crippen MR) is 280 cm³/mol. The van der Waals surface area contributed by atoms with Crippen molar-refractivity contribution in [3.8, 4) is 34.1 Å². The molecule has 328 valence electrons. The third-order valence-corrected chi connectivity index (χ3v) is 15.1. The zero-order chi connectivity index (χ0) is 44.7. The number of carbonyl (C=O) groups excluding carboxylic acids is 1. The number of esters is 1. The minimum absolute atomic E-state index is 0. The normalized spacial score (nSPS) is 11.0. The van der Waals surface area contributed by atoms with E-state index in [0.29, 0.717) is 22.8 Å². The number of benzene rings is 10. The van der Waals surface area contributed by atoms with E-state index in [1.807, 2.05) is 140 Å². The lowest BCUT2D eigenvalue weighted by Crippen LogP contribution is -2.18. The first-order valence-corrected chi connectivity index (χ1v) is 24.3. The van der Waals surface area contributed by atoms with Crippen molar-refractivity contribution >= 4 is 65.0 Å². The smallest absolute Gasteiger partial charge is 0.342 e. The molecular weight excluding hydrogens is 863 g/mol. The van der Waals surface area contributed by atoms with Crippen LogP contribution in [0.3, 0.4) is 0 Å². The molecule has 0 fully saturated rings. The molecule has 0 heterocycles. The van der Waals surface area contributed by atoms with Gasteiger partial charge in [0.25, 0.3) is 0 Å². The highest BCUT2D eigenvalue weighted by Crippen LogP contribution is 2.53. The summed E-state index contributed by atoms with van der Waals surface area (Å²) < 4.78 is 27.3. The van der Waals surface area contributed by atoms with E-state index in [4.69, 9.17) is 18.5 Å². The Balaban J connectivity index is 0.00000562. The van der Waals surface area contributed by atoms with Crippen molar-refractivity contribution in [2.45, 2.75) is 21.0 Å². The summed E-state index contributed by atoms with van der Waals surface area (Å²) in [5.74, 6) is 2.03. The lowest BCUT2D eigenvalue weighted by molar-refractivity contribution is 0.0471. The predicted octanol–water partition coefficient (Wildman–Crippen LogP) is 14.6. The highest BCUT2D eigenvalue weighted by Gasteiger charge is 2.30. The summed E-state index contributed by atoms with van der Waals surface area (Å²) in [5.41, 5.74) is 3.87. The van der Waals surface area contributed by atoms with Gasteiger partial charge in [0.2, 0.25) is 0 Å². The molecule has 0 spiro atoms. The number of hydrogen-bond donors (Lipinski definition) is 0. The summed E-state index contributed by atoms with van der Waals surface area (Å²) in [7, 11) is -2.85. The van der Waals surface area contributed by atoms with Gasteiger partial charge < -0.3 is 18.5 Å². The number of carbonyl (C=O) groups is 1. The maximum Gasteiger partial charge on any atom is 0.342 e. The van der Waals surface area contributed by atoms with E-state index in [0.717, 1.165) is 70.8 Å². The van der Waals surface area contributed by atoms with Crippen molar-refractivity contribution in [3.05, 3.63) is 253 Å². The molecule has 0 atom stereocenters. The van der Waals surface area contributed by atoms with E-state index < -0.39 is 22.3 Å². The van der Waals surface area contributed by atoms with Gasteiger partial charge in [-0.15, -0.1) is 0 Å². The van der Waals surface area contributed by atoms with Gasteiger partial charge in [-0.05, 0) is 70.4 Å². The Labute approximate surface area is 394 Å². The van der Waals surface area contributed by atoms with E-state index in [-0.39, 0.29) is 14.0 Å². The molecule has 5 nitrogen and oxygen atoms in total. The van der Waals surface area contributed by atoms with Crippen LogP contribution in [-0.4, -0.2) is 5.97 Å². The number of hydrogen-bond acceptors (Lipinski definition) is 5. The largest absolute Gasteiger partial charge is 0.464 e. The quantitative estimate of drug-likeness (QED) is 0.0804. The molecule has 10 aromatic carbocycles. The summed E-state index contributed by atoms with van der Waals surface area (Å²) in [5, 5.41) is 7.89. The molecule has 0 saturated carbocycles. The van der Waals surface area contributed by atoms with Crippen molar-refractivity contribution in [1.29, 1.82) is 0 Å². The Hall–Kier alpha value is -7.55. The molecule has 0 bridgehead atoms. The number of fused-ring (bicyclic) bond motifs is 2. The fraction of sp³-hybridized carbons (Fsp3) is 0.0500. The third-order valence-electron chi connectivity index (χ3n) is 11.2. The van der Waals surface area contributed by atoms with Crippen molar-refractivity contribution in [2.75, 3.05) is 0 Å². The van der Waals surface area contributed by atoms with Crippen molar-refractivity contribution in [2.24, 2.45) is 0 Å². The van der Waals surface area contributed by atoms with Gasteiger partial charge >= 0.3 is 5.97 Å². The standard InChI is InChI=1S/C59H44O5P2.CH4/c1-42-30-35-46(36-31-42)62-47-37-32-43(33-38-47)41-61-59(60)54-40-45-19-15-17-29-53(45)57(58(54)64-66(50-24-10-4-11-25-50)51-26-12-5-13-27-51)56-52-28-16-14-18-44(52)34-39-55(56)63-65(48-20-6-2-7-21-48)49-22-8-3-9-23-49;/h2-40H,41H2,1H3;1H4. The minimum Gasteiger partial charge on any atom is -0.464 e. The SMILES string of the molecule is C.Cc1ccc(Oc2ccc(COC(=O)c3cc4ccccc4c(-c4c(OP(c5ccccc5)c5ccccc5)ccc5ccccc45)c3OP(c3ccccc3)c3ccccc3)cc2)cc1. The molecule has 7 heteroatoms. The number of aryl methyl sites for hydroxylation is 1. The first-order valence-electron chi connectivity index (χ1n) is 21.8. The Morgan fingerprint density at radius 3 is 1.43 bits per heavy atom. The summed E-state index contributed by atoms with van der Waals surface area (Å²) in [6.45, 7) is 2.09. The average Bonchev–Trinajstić information content (AvgIpc) is 3.38. The van der Waals surface area contributed by atoms with Crippen LogP contribution in [0.4, 0.5) is 0 Å². The van der Waals surface area contributed by atoms with Gasteiger partial charge in [-0.1, -0.05) is 213 Å². The van der Waals surface area contributed by atoms with Crippen LogP contribution >= 0.6 is 16.3 Å².